The van der Waals surface area contributed by atoms with Crippen molar-refractivity contribution in [3.8, 4) is 5.75 Å². The van der Waals surface area contributed by atoms with Crippen LogP contribution in [-0.2, 0) is 16.1 Å². The Labute approximate surface area is 145 Å². The molecule has 0 aromatic heterocycles. The number of carboxylic acid groups (broad SMARTS) is 1. The predicted molar refractivity (Wildman–Crippen MR) is 91.1 cm³/mol. The summed E-state index contributed by atoms with van der Waals surface area (Å²) in [4.78, 5) is 23.0. The molecule has 2 aromatic carbocycles. The molecular weight excluding hydrogens is 324 g/mol. The molecule has 0 spiro atoms. The van der Waals surface area contributed by atoms with Gasteiger partial charge in [0.05, 0.1) is 0 Å². The summed E-state index contributed by atoms with van der Waals surface area (Å²) in [6, 6.07) is 15.4. The normalized spacial score (nSPS) is 11.4. The van der Waals surface area contributed by atoms with Crippen molar-refractivity contribution in [2.45, 2.75) is 12.6 Å². The number of methoxy groups -OCH3 is 1. The van der Waals surface area contributed by atoms with E-state index in [9.17, 15) is 9.59 Å². The molecule has 7 heteroatoms. The molecule has 0 bridgehead atoms. The smallest absolute Gasteiger partial charge is 0.405 e. The zero-order valence-electron chi connectivity index (χ0n) is 13.8. The van der Waals surface area contributed by atoms with Crippen molar-refractivity contribution in [2.24, 2.45) is 0 Å². The van der Waals surface area contributed by atoms with Gasteiger partial charge in [-0.3, -0.25) is 4.79 Å². The van der Waals surface area contributed by atoms with Crippen LogP contribution >= 0.6 is 0 Å². The first-order valence-corrected chi connectivity index (χ1v) is 7.63. The molecule has 0 unspecified atom stereocenters. The summed E-state index contributed by atoms with van der Waals surface area (Å²) in [6.45, 7) is 0.417. The fraction of sp³-hybridized carbons (Fsp3) is 0.222. The molecule has 1 atom stereocenters. The number of nitrogens with one attached hydrogen (secondary N) is 2. The predicted octanol–water partition coefficient (Wildman–Crippen LogP) is 2.29. The zero-order valence-corrected chi connectivity index (χ0v) is 13.8. The molecule has 0 aliphatic carbocycles. The van der Waals surface area contributed by atoms with Crippen LogP contribution in [0.5, 0.6) is 5.75 Å². The zero-order chi connectivity index (χ0) is 18.1. The lowest BCUT2D eigenvalue weighted by Crippen LogP contribution is -2.40. The van der Waals surface area contributed by atoms with E-state index in [0.717, 1.165) is 5.56 Å². The van der Waals surface area contributed by atoms with E-state index in [1.54, 1.807) is 24.3 Å². The first kappa shape index (κ1) is 18.3. The molecule has 0 radical (unpaired) electrons. The Balaban J connectivity index is 2.03. The van der Waals surface area contributed by atoms with E-state index < -0.39 is 18.0 Å². The second-order valence-corrected chi connectivity index (χ2v) is 5.20. The van der Waals surface area contributed by atoms with Gasteiger partial charge in [0.1, 0.15) is 25.1 Å². The summed E-state index contributed by atoms with van der Waals surface area (Å²) in [6.07, 6.45) is -1.29. The molecule has 0 aliphatic heterocycles. The Bertz CT molecular complexity index is 688. The van der Waals surface area contributed by atoms with Gasteiger partial charge in [-0.15, -0.1) is 0 Å². The molecule has 7 nitrogen and oxygen atoms in total. The van der Waals surface area contributed by atoms with Gasteiger partial charge in [0, 0.05) is 7.11 Å². The van der Waals surface area contributed by atoms with Crippen molar-refractivity contribution in [2.75, 3.05) is 13.8 Å². The van der Waals surface area contributed by atoms with Gasteiger partial charge in [-0.05, 0) is 23.3 Å². The quantitative estimate of drug-likeness (QED) is 0.639. The summed E-state index contributed by atoms with van der Waals surface area (Å²) in [5.41, 5.74) is 1.54. The van der Waals surface area contributed by atoms with Crippen LogP contribution in [0.2, 0.25) is 0 Å². The molecule has 0 fully saturated rings. The van der Waals surface area contributed by atoms with Gasteiger partial charge in [-0.25, -0.2) is 4.79 Å². The molecular formula is C18H20N2O5. The molecule has 2 amide bonds. The summed E-state index contributed by atoms with van der Waals surface area (Å²) < 4.78 is 10.4. The Morgan fingerprint density at radius 3 is 2.36 bits per heavy atom. The van der Waals surface area contributed by atoms with E-state index >= 15 is 0 Å². The summed E-state index contributed by atoms with van der Waals surface area (Å²) >= 11 is 0. The molecule has 2 aromatic rings. The average Bonchev–Trinajstić information content (AvgIpc) is 2.63. The molecule has 0 saturated heterocycles. The molecule has 132 valence electrons. The number of benzene rings is 2. The number of carbonyl (C=O) groups excluding carboxylic acids is 1. The third-order valence-electron chi connectivity index (χ3n) is 3.38. The second kappa shape index (κ2) is 9.29. The van der Waals surface area contributed by atoms with Gasteiger partial charge in [-0.2, -0.15) is 0 Å². The highest BCUT2D eigenvalue weighted by Gasteiger charge is 2.22. The van der Waals surface area contributed by atoms with Crippen molar-refractivity contribution in [1.82, 2.24) is 10.6 Å². The van der Waals surface area contributed by atoms with E-state index in [2.05, 4.69) is 10.6 Å². The standard InChI is InChI=1S/C18H20N2O5/c1-24-12-19-17(21)16(20-18(22)23)14-7-9-15(10-8-14)25-11-13-5-3-2-4-6-13/h2-10,16,20H,11-12H2,1H3,(H,19,21)(H,22,23)/t16-/m1/s1. The molecule has 25 heavy (non-hydrogen) atoms. The fourth-order valence-electron chi connectivity index (χ4n) is 2.17. The minimum Gasteiger partial charge on any atom is -0.489 e. The van der Waals surface area contributed by atoms with E-state index in [1.165, 1.54) is 7.11 Å². The maximum absolute atomic E-state index is 12.1. The number of carbonyl (C=O) groups is 2. The van der Waals surface area contributed by atoms with Crippen molar-refractivity contribution in [3.05, 3.63) is 65.7 Å². The van der Waals surface area contributed by atoms with Crippen LogP contribution in [-0.4, -0.2) is 30.9 Å². The molecule has 0 aliphatic rings. The first-order chi connectivity index (χ1) is 12.1. The SMILES string of the molecule is COCNC(=O)[C@H](NC(=O)O)c1ccc(OCc2ccccc2)cc1. The number of hydrogen-bond donors (Lipinski definition) is 3. The van der Waals surface area contributed by atoms with Crippen LogP contribution in [0, 0.1) is 0 Å². The minimum absolute atomic E-state index is 0.00506. The Kier molecular flexibility index (Phi) is 6.79. The van der Waals surface area contributed by atoms with E-state index in [-0.39, 0.29) is 6.73 Å². The minimum atomic E-state index is -1.29. The maximum Gasteiger partial charge on any atom is 0.405 e. The average molecular weight is 344 g/mol. The van der Waals surface area contributed by atoms with Crippen LogP contribution < -0.4 is 15.4 Å². The lowest BCUT2D eigenvalue weighted by atomic mass is 10.1. The van der Waals surface area contributed by atoms with Crippen molar-refractivity contribution in [3.63, 3.8) is 0 Å². The van der Waals surface area contributed by atoms with Gasteiger partial charge >= 0.3 is 6.09 Å². The third-order valence-corrected chi connectivity index (χ3v) is 3.38. The lowest BCUT2D eigenvalue weighted by molar-refractivity contribution is -0.124. The second-order valence-electron chi connectivity index (χ2n) is 5.20. The van der Waals surface area contributed by atoms with Crippen LogP contribution in [0.25, 0.3) is 0 Å². The largest absolute Gasteiger partial charge is 0.489 e. The van der Waals surface area contributed by atoms with Gasteiger partial charge in [0.2, 0.25) is 5.91 Å². The van der Waals surface area contributed by atoms with Crippen LogP contribution in [0.15, 0.2) is 54.6 Å². The number of hydrogen-bond acceptors (Lipinski definition) is 4. The number of amides is 2. The van der Waals surface area contributed by atoms with Gasteiger partial charge in [0.15, 0.2) is 0 Å². The van der Waals surface area contributed by atoms with Crippen LogP contribution in [0.3, 0.4) is 0 Å². The highest BCUT2D eigenvalue weighted by atomic mass is 16.5. The van der Waals surface area contributed by atoms with Gasteiger partial charge in [0.25, 0.3) is 0 Å². The van der Waals surface area contributed by atoms with Gasteiger partial charge < -0.3 is 25.2 Å². The van der Waals surface area contributed by atoms with E-state index in [0.29, 0.717) is 17.9 Å². The Morgan fingerprint density at radius 1 is 1.08 bits per heavy atom. The summed E-state index contributed by atoms with van der Waals surface area (Å²) in [5, 5.41) is 13.6. The Morgan fingerprint density at radius 2 is 1.76 bits per heavy atom. The highest BCUT2D eigenvalue weighted by molar-refractivity contribution is 5.86. The monoisotopic (exact) mass is 344 g/mol. The summed E-state index contributed by atoms with van der Waals surface area (Å²) in [7, 11) is 1.43. The molecule has 2 rings (SSSR count). The fourth-order valence-corrected chi connectivity index (χ4v) is 2.17. The topological polar surface area (TPSA) is 96.9 Å². The van der Waals surface area contributed by atoms with Crippen LogP contribution in [0.1, 0.15) is 17.2 Å². The number of rotatable bonds is 8. The summed E-state index contributed by atoms with van der Waals surface area (Å²) in [5.74, 6) is 0.126. The van der Waals surface area contributed by atoms with Crippen molar-refractivity contribution >= 4 is 12.0 Å². The molecule has 3 N–H and O–H groups in total. The third kappa shape index (κ3) is 5.82. The first-order valence-electron chi connectivity index (χ1n) is 7.63. The van der Waals surface area contributed by atoms with Crippen LogP contribution in [0.4, 0.5) is 4.79 Å². The maximum atomic E-state index is 12.1. The van der Waals surface area contributed by atoms with E-state index in [1.807, 2.05) is 30.3 Å². The Hall–Kier alpha value is -3.06. The molecule has 0 saturated carbocycles. The van der Waals surface area contributed by atoms with Crippen molar-refractivity contribution in [1.29, 1.82) is 0 Å². The van der Waals surface area contributed by atoms with E-state index in [4.69, 9.17) is 14.6 Å². The number of ether oxygens (including phenoxy) is 2. The molecule has 0 heterocycles. The lowest BCUT2D eigenvalue weighted by Gasteiger charge is -2.17. The highest BCUT2D eigenvalue weighted by Crippen LogP contribution is 2.19. The van der Waals surface area contributed by atoms with Crippen molar-refractivity contribution < 1.29 is 24.2 Å². The van der Waals surface area contributed by atoms with Gasteiger partial charge in [-0.1, -0.05) is 42.5 Å².